The number of para-hydroxylation sites is 1. The summed E-state index contributed by atoms with van der Waals surface area (Å²) in [6.07, 6.45) is 1.22. The molecule has 0 aliphatic carbocycles. The first-order chi connectivity index (χ1) is 8.45. The van der Waals surface area contributed by atoms with E-state index in [0.29, 0.717) is 5.75 Å². The van der Waals surface area contributed by atoms with E-state index in [1.165, 1.54) is 6.08 Å². The second-order valence-electron chi connectivity index (χ2n) is 2.95. The minimum Gasteiger partial charge on any atom is -0.508 e. The Morgan fingerprint density at radius 2 is 1.83 bits per heavy atom. The average Bonchev–Trinajstić information content (AvgIpc) is 3.15. The number of hydrogen-bond donors (Lipinski definition) is 2. The van der Waals surface area contributed by atoms with Crippen LogP contribution in [0.1, 0.15) is 0 Å². The Bertz CT molecular complexity index is 410. The van der Waals surface area contributed by atoms with Gasteiger partial charge in [-0.1, -0.05) is 24.3 Å². The van der Waals surface area contributed by atoms with Crippen LogP contribution in [0.2, 0.25) is 0 Å². The molecule has 1 aromatic carbocycles. The van der Waals surface area contributed by atoms with Crippen LogP contribution in [0.15, 0.2) is 43.0 Å². The van der Waals surface area contributed by atoms with Gasteiger partial charge in [-0.15, -0.1) is 6.58 Å². The highest BCUT2D eigenvalue weighted by Crippen LogP contribution is 2.02. The molecule has 2 rings (SSSR count). The zero-order valence-electron chi connectivity index (χ0n) is 9.73. The molecule has 0 amide bonds. The summed E-state index contributed by atoms with van der Waals surface area (Å²) < 4.78 is 35.5. The van der Waals surface area contributed by atoms with Gasteiger partial charge in [-0.25, -0.2) is 4.18 Å². The third-order valence-corrected chi connectivity index (χ3v) is 1.73. The van der Waals surface area contributed by atoms with Crippen molar-refractivity contribution in [2.24, 2.45) is 0 Å². The summed E-state index contributed by atoms with van der Waals surface area (Å²) >= 11 is 0. The molecule has 0 radical (unpaired) electrons. The minimum atomic E-state index is -4.26. The molecule has 0 saturated carbocycles. The lowest BCUT2D eigenvalue weighted by atomic mass is 10.3. The Hall–Kier alpha value is -1.41. The second-order valence-corrected chi connectivity index (χ2v) is 4.04. The van der Waals surface area contributed by atoms with E-state index in [4.69, 9.17) is 9.66 Å². The van der Waals surface area contributed by atoms with Gasteiger partial charge < -0.3 is 9.84 Å². The molecule has 1 fully saturated rings. The summed E-state index contributed by atoms with van der Waals surface area (Å²) in [5, 5.41) is 8.63. The van der Waals surface area contributed by atoms with Crippen molar-refractivity contribution in [3.05, 3.63) is 43.0 Å². The van der Waals surface area contributed by atoms with E-state index < -0.39 is 10.4 Å². The standard InChI is InChI=1S/C6H6O.C3H6O4S.C2H4O/c7-6-4-2-1-3-5-6;1-2-3-7-8(4,5)6;1-2-3-1/h1-5,7H;2H,1,3H2,(H,4,5,6);1-2H2. The van der Waals surface area contributed by atoms with Crippen LogP contribution in [0.25, 0.3) is 0 Å². The van der Waals surface area contributed by atoms with Crippen molar-refractivity contribution in [3.63, 3.8) is 0 Å². The van der Waals surface area contributed by atoms with Crippen molar-refractivity contribution < 1.29 is 27.0 Å². The highest BCUT2D eigenvalue weighted by atomic mass is 32.3. The van der Waals surface area contributed by atoms with Gasteiger partial charge in [0.1, 0.15) is 5.75 Å². The van der Waals surface area contributed by atoms with Crippen LogP contribution in [-0.2, 0) is 19.3 Å². The maximum absolute atomic E-state index is 9.68. The molecule has 18 heavy (non-hydrogen) atoms. The fraction of sp³-hybridized carbons (Fsp3) is 0.273. The Morgan fingerprint density at radius 3 is 2.00 bits per heavy atom. The van der Waals surface area contributed by atoms with Crippen molar-refractivity contribution >= 4 is 10.4 Å². The predicted octanol–water partition coefficient (Wildman–Crippen LogP) is 1.40. The van der Waals surface area contributed by atoms with Crippen LogP contribution >= 0.6 is 0 Å². The number of rotatable bonds is 3. The summed E-state index contributed by atoms with van der Waals surface area (Å²) in [5.41, 5.74) is 0. The lowest BCUT2D eigenvalue weighted by Gasteiger charge is -1.90. The molecule has 0 spiro atoms. The van der Waals surface area contributed by atoms with Crippen LogP contribution < -0.4 is 0 Å². The highest BCUT2D eigenvalue weighted by Gasteiger charge is 1.99. The van der Waals surface area contributed by atoms with Gasteiger partial charge in [0.15, 0.2) is 0 Å². The molecule has 0 atom stereocenters. The summed E-state index contributed by atoms with van der Waals surface area (Å²) in [5.74, 6) is 0.322. The largest absolute Gasteiger partial charge is 0.508 e. The summed E-state index contributed by atoms with van der Waals surface area (Å²) in [6.45, 7) is 4.97. The van der Waals surface area contributed by atoms with Crippen LogP contribution in [-0.4, -0.2) is 37.9 Å². The molecule has 1 saturated heterocycles. The van der Waals surface area contributed by atoms with Gasteiger partial charge in [-0.3, -0.25) is 4.55 Å². The SMILES string of the molecule is C1CO1.C=CCOS(=O)(=O)O.Oc1ccccc1. The van der Waals surface area contributed by atoms with Crippen LogP contribution in [0, 0.1) is 0 Å². The Balaban J connectivity index is 0.000000261. The number of epoxide rings is 1. The highest BCUT2D eigenvalue weighted by molar-refractivity contribution is 7.80. The number of ether oxygens (including phenoxy) is 1. The van der Waals surface area contributed by atoms with Gasteiger partial charge in [0, 0.05) is 0 Å². The average molecular weight is 276 g/mol. The Morgan fingerprint density at radius 1 is 1.33 bits per heavy atom. The lowest BCUT2D eigenvalue weighted by Crippen LogP contribution is -2.02. The molecule has 1 heterocycles. The van der Waals surface area contributed by atoms with Gasteiger partial charge >= 0.3 is 10.4 Å². The molecule has 102 valence electrons. The fourth-order valence-corrected chi connectivity index (χ4v) is 0.830. The molecule has 1 aliphatic heterocycles. The van der Waals surface area contributed by atoms with Crippen molar-refractivity contribution in [3.8, 4) is 5.75 Å². The van der Waals surface area contributed by atoms with Crippen molar-refractivity contribution in [2.75, 3.05) is 19.8 Å². The normalized spacial score (nSPS) is 12.3. The Labute approximate surface area is 106 Å². The van der Waals surface area contributed by atoms with Crippen LogP contribution in [0.4, 0.5) is 0 Å². The van der Waals surface area contributed by atoms with Gasteiger partial charge in [0.05, 0.1) is 19.8 Å². The van der Waals surface area contributed by atoms with Crippen molar-refractivity contribution in [2.45, 2.75) is 0 Å². The summed E-state index contributed by atoms with van der Waals surface area (Å²) in [4.78, 5) is 0. The predicted molar refractivity (Wildman–Crippen MR) is 66.6 cm³/mol. The molecular weight excluding hydrogens is 260 g/mol. The second kappa shape index (κ2) is 9.60. The number of benzene rings is 1. The molecule has 0 bridgehead atoms. The van der Waals surface area contributed by atoms with Crippen molar-refractivity contribution in [1.82, 2.24) is 0 Å². The smallest absolute Gasteiger partial charge is 0.397 e. The van der Waals surface area contributed by atoms with Crippen LogP contribution in [0.5, 0.6) is 5.75 Å². The van der Waals surface area contributed by atoms with E-state index in [0.717, 1.165) is 13.2 Å². The number of hydrogen-bond acceptors (Lipinski definition) is 5. The quantitative estimate of drug-likeness (QED) is 0.492. The maximum Gasteiger partial charge on any atom is 0.397 e. The summed E-state index contributed by atoms with van der Waals surface area (Å²) in [6, 6.07) is 8.71. The Kier molecular flexibility index (Phi) is 8.85. The topological polar surface area (TPSA) is 96.4 Å². The van der Waals surface area contributed by atoms with E-state index in [-0.39, 0.29) is 6.61 Å². The zero-order valence-corrected chi connectivity index (χ0v) is 10.5. The van der Waals surface area contributed by atoms with Gasteiger partial charge in [-0.2, -0.15) is 8.42 Å². The monoisotopic (exact) mass is 276 g/mol. The molecule has 0 unspecified atom stereocenters. The summed E-state index contributed by atoms with van der Waals surface area (Å²) in [7, 11) is -4.26. The van der Waals surface area contributed by atoms with Crippen molar-refractivity contribution in [1.29, 1.82) is 0 Å². The number of aromatic hydroxyl groups is 1. The third kappa shape index (κ3) is 17.0. The number of phenols is 1. The molecule has 7 heteroatoms. The molecule has 6 nitrogen and oxygen atoms in total. The van der Waals surface area contributed by atoms with Gasteiger partial charge in [0.25, 0.3) is 0 Å². The van der Waals surface area contributed by atoms with Gasteiger partial charge in [-0.05, 0) is 12.1 Å². The third-order valence-electron chi connectivity index (χ3n) is 1.30. The van der Waals surface area contributed by atoms with E-state index >= 15 is 0 Å². The first kappa shape index (κ1) is 16.6. The first-order valence-electron chi connectivity index (χ1n) is 5.00. The van der Waals surface area contributed by atoms with E-state index in [1.807, 2.05) is 6.07 Å². The first-order valence-corrected chi connectivity index (χ1v) is 6.36. The zero-order chi connectivity index (χ0) is 13.9. The molecular formula is C11H16O6S. The minimum absolute atomic E-state index is 0.196. The fourth-order valence-electron chi connectivity index (χ4n) is 0.562. The molecule has 1 aromatic rings. The van der Waals surface area contributed by atoms with Gasteiger partial charge in [0.2, 0.25) is 0 Å². The molecule has 2 N–H and O–H groups in total. The maximum atomic E-state index is 9.68. The van der Waals surface area contributed by atoms with E-state index in [2.05, 4.69) is 15.5 Å². The van der Waals surface area contributed by atoms with E-state index in [9.17, 15) is 8.42 Å². The molecule has 1 aliphatic rings. The molecule has 0 aromatic heterocycles. The van der Waals surface area contributed by atoms with Crippen LogP contribution in [0.3, 0.4) is 0 Å². The number of phenolic OH excluding ortho intramolecular Hbond substituents is 1. The van der Waals surface area contributed by atoms with E-state index in [1.54, 1.807) is 24.3 Å². The lowest BCUT2D eigenvalue weighted by molar-refractivity contribution is 0.296.